The van der Waals surface area contributed by atoms with E-state index in [2.05, 4.69) is 13.2 Å². The Kier molecular flexibility index (Phi) is 10.5. The second-order valence-electron chi connectivity index (χ2n) is 9.72. The summed E-state index contributed by atoms with van der Waals surface area (Å²) in [7, 11) is 0. The predicted molar refractivity (Wildman–Crippen MR) is 127 cm³/mol. The first-order valence-corrected chi connectivity index (χ1v) is 12.1. The summed E-state index contributed by atoms with van der Waals surface area (Å²) in [6, 6.07) is 0. The third kappa shape index (κ3) is 5.36. The summed E-state index contributed by atoms with van der Waals surface area (Å²) >= 11 is 0. The van der Waals surface area contributed by atoms with Gasteiger partial charge in [0.15, 0.2) is 5.41 Å². The van der Waals surface area contributed by atoms with Gasteiger partial charge in [0.25, 0.3) is 0 Å². The monoisotopic (exact) mass is 480 g/mol. The molecule has 2 aliphatic carbocycles. The molecule has 192 valence electrons. The van der Waals surface area contributed by atoms with Crippen LogP contribution in [-0.4, -0.2) is 44.3 Å². The Morgan fingerprint density at radius 1 is 0.853 bits per heavy atom. The van der Waals surface area contributed by atoms with Crippen LogP contribution < -0.4 is 0 Å². The zero-order chi connectivity index (χ0) is 26.2. The summed E-state index contributed by atoms with van der Waals surface area (Å²) in [5.74, 6) is -4.38. The van der Waals surface area contributed by atoms with Gasteiger partial charge in [-0.25, -0.2) is 0 Å². The number of aliphatic carboxylic acids is 4. The van der Waals surface area contributed by atoms with E-state index < -0.39 is 40.1 Å². The standard InChI is InChI=1S/C14H20O4.C12H20O4/c1-3-7-13(8-4-2)9-5-6-10-14(13,11(15)16)12(17)18;1-3-9-7-8(10(13)14)5-6-12(9,4-2)11(15)16/h3-4H,1-2,5-10H2,(H,15,16)(H,17,18);8-9H,3-7H2,1-2H3,(H,13,14)(H,15,16). The average Bonchev–Trinajstić information content (AvgIpc) is 2.79. The van der Waals surface area contributed by atoms with Crippen molar-refractivity contribution in [1.29, 1.82) is 0 Å². The molecule has 0 saturated heterocycles. The van der Waals surface area contributed by atoms with Crippen LogP contribution >= 0.6 is 0 Å². The molecule has 0 bridgehead atoms. The molecule has 2 fully saturated rings. The molecule has 8 heteroatoms. The largest absolute Gasteiger partial charge is 0.481 e. The lowest BCUT2D eigenvalue weighted by Gasteiger charge is -2.48. The van der Waals surface area contributed by atoms with Gasteiger partial charge in [0.05, 0.1) is 11.3 Å². The molecule has 0 aromatic carbocycles. The van der Waals surface area contributed by atoms with Crippen molar-refractivity contribution in [2.24, 2.45) is 28.1 Å². The molecule has 4 N–H and O–H groups in total. The van der Waals surface area contributed by atoms with Gasteiger partial charge in [0, 0.05) is 5.41 Å². The Hall–Kier alpha value is -2.64. The molecule has 0 aliphatic heterocycles. The van der Waals surface area contributed by atoms with Gasteiger partial charge < -0.3 is 20.4 Å². The van der Waals surface area contributed by atoms with Crippen LogP contribution in [-0.2, 0) is 19.2 Å². The van der Waals surface area contributed by atoms with Crippen molar-refractivity contribution < 1.29 is 39.6 Å². The van der Waals surface area contributed by atoms with E-state index >= 15 is 0 Å². The molecular formula is C26H40O8. The van der Waals surface area contributed by atoms with E-state index in [0.29, 0.717) is 51.4 Å². The molecule has 2 rings (SSSR count). The maximum absolute atomic E-state index is 11.6. The first-order chi connectivity index (χ1) is 15.9. The fourth-order valence-corrected chi connectivity index (χ4v) is 6.28. The summed E-state index contributed by atoms with van der Waals surface area (Å²) in [5.41, 5.74) is -3.21. The first-order valence-electron chi connectivity index (χ1n) is 12.1. The van der Waals surface area contributed by atoms with Crippen LogP contribution in [0.4, 0.5) is 0 Å². The van der Waals surface area contributed by atoms with Crippen LogP contribution in [0.25, 0.3) is 0 Å². The minimum atomic E-state index is -1.71. The van der Waals surface area contributed by atoms with Crippen LogP contribution in [0.5, 0.6) is 0 Å². The van der Waals surface area contributed by atoms with Gasteiger partial charge in [-0.3, -0.25) is 19.2 Å². The van der Waals surface area contributed by atoms with Crippen molar-refractivity contribution in [3.63, 3.8) is 0 Å². The quantitative estimate of drug-likeness (QED) is 0.245. The molecule has 8 nitrogen and oxygen atoms in total. The molecule has 34 heavy (non-hydrogen) atoms. The number of carboxylic acid groups (broad SMARTS) is 4. The molecule has 0 amide bonds. The summed E-state index contributed by atoms with van der Waals surface area (Å²) in [6.45, 7) is 11.1. The Morgan fingerprint density at radius 3 is 1.76 bits per heavy atom. The van der Waals surface area contributed by atoms with Crippen molar-refractivity contribution in [3.05, 3.63) is 25.3 Å². The lowest BCUT2D eigenvalue weighted by molar-refractivity contribution is -0.181. The zero-order valence-corrected chi connectivity index (χ0v) is 20.4. The number of allylic oxidation sites excluding steroid dienone is 2. The molecule has 2 aliphatic rings. The highest BCUT2D eigenvalue weighted by Gasteiger charge is 2.61. The SMILES string of the molecule is C=CCC1(CC=C)CCCCC1(C(=O)O)C(=O)O.CCC1CC(C(=O)O)CCC1(CC)C(=O)O. The second kappa shape index (κ2) is 12.2. The van der Waals surface area contributed by atoms with Gasteiger partial charge in [0.1, 0.15) is 0 Å². The van der Waals surface area contributed by atoms with Crippen molar-refractivity contribution in [3.8, 4) is 0 Å². The topological polar surface area (TPSA) is 149 Å². The highest BCUT2D eigenvalue weighted by Crippen LogP contribution is 2.56. The van der Waals surface area contributed by atoms with E-state index in [1.807, 2.05) is 13.8 Å². The van der Waals surface area contributed by atoms with Crippen molar-refractivity contribution >= 4 is 23.9 Å². The molecule has 3 atom stereocenters. The van der Waals surface area contributed by atoms with E-state index in [4.69, 9.17) is 5.11 Å². The number of hydrogen-bond acceptors (Lipinski definition) is 4. The van der Waals surface area contributed by atoms with Crippen molar-refractivity contribution in [1.82, 2.24) is 0 Å². The van der Waals surface area contributed by atoms with E-state index in [0.717, 1.165) is 12.8 Å². The molecule has 0 radical (unpaired) electrons. The minimum absolute atomic E-state index is 0.00940. The van der Waals surface area contributed by atoms with Gasteiger partial charge in [-0.1, -0.05) is 45.3 Å². The molecular weight excluding hydrogens is 440 g/mol. The van der Waals surface area contributed by atoms with Crippen LogP contribution in [0.15, 0.2) is 25.3 Å². The average molecular weight is 481 g/mol. The Labute approximate surface area is 201 Å². The predicted octanol–water partition coefficient (Wildman–Crippen LogP) is 5.23. The van der Waals surface area contributed by atoms with E-state index in [-0.39, 0.29) is 18.3 Å². The summed E-state index contributed by atoms with van der Waals surface area (Å²) in [6.07, 6.45) is 9.09. The molecule has 2 saturated carbocycles. The van der Waals surface area contributed by atoms with Gasteiger partial charge in [-0.05, 0) is 57.3 Å². The van der Waals surface area contributed by atoms with Crippen molar-refractivity contribution in [2.75, 3.05) is 0 Å². The van der Waals surface area contributed by atoms with Crippen LogP contribution in [0.2, 0.25) is 0 Å². The van der Waals surface area contributed by atoms with E-state index in [9.17, 15) is 34.5 Å². The fraction of sp³-hybridized carbons (Fsp3) is 0.692. The fourth-order valence-electron chi connectivity index (χ4n) is 6.28. The Balaban J connectivity index is 0.000000342. The zero-order valence-electron chi connectivity index (χ0n) is 20.4. The van der Waals surface area contributed by atoms with Gasteiger partial charge in [-0.2, -0.15) is 0 Å². The number of carboxylic acids is 4. The maximum Gasteiger partial charge on any atom is 0.321 e. The lowest BCUT2D eigenvalue weighted by Crippen LogP contribution is -2.55. The molecule has 0 heterocycles. The van der Waals surface area contributed by atoms with Crippen LogP contribution in [0.1, 0.15) is 84.5 Å². The first kappa shape index (κ1) is 29.4. The van der Waals surface area contributed by atoms with E-state index in [1.165, 1.54) is 0 Å². The molecule has 0 aromatic rings. The Bertz CT molecular complexity index is 762. The van der Waals surface area contributed by atoms with Gasteiger partial charge >= 0.3 is 23.9 Å². The van der Waals surface area contributed by atoms with Gasteiger partial charge in [-0.15, -0.1) is 13.2 Å². The van der Waals surface area contributed by atoms with Crippen LogP contribution in [0, 0.1) is 28.1 Å². The summed E-state index contributed by atoms with van der Waals surface area (Å²) in [4.78, 5) is 45.6. The molecule has 3 unspecified atom stereocenters. The second-order valence-corrected chi connectivity index (χ2v) is 9.72. The third-order valence-electron chi connectivity index (χ3n) is 8.35. The number of hydrogen-bond donors (Lipinski definition) is 4. The molecule has 0 spiro atoms. The highest BCUT2D eigenvalue weighted by molar-refractivity contribution is 5.99. The molecule has 0 aromatic heterocycles. The summed E-state index contributed by atoms with van der Waals surface area (Å²) in [5, 5.41) is 37.4. The van der Waals surface area contributed by atoms with E-state index in [1.54, 1.807) is 12.2 Å². The lowest BCUT2D eigenvalue weighted by atomic mass is 9.53. The van der Waals surface area contributed by atoms with Crippen LogP contribution in [0.3, 0.4) is 0 Å². The highest BCUT2D eigenvalue weighted by atomic mass is 16.4. The number of carbonyl (C=O) groups is 4. The van der Waals surface area contributed by atoms with Gasteiger partial charge in [0.2, 0.25) is 0 Å². The Morgan fingerprint density at radius 2 is 1.38 bits per heavy atom. The normalized spacial score (nSPS) is 27.4. The minimum Gasteiger partial charge on any atom is -0.481 e. The maximum atomic E-state index is 11.6. The smallest absolute Gasteiger partial charge is 0.321 e. The number of rotatable bonds is 10. The third-order valence-corrected chi connectivity index (χ3v) is 8.35. The van der Waals surface area contributed by atoms with Crippen molar-refractivity contribution in [2.45, 2.75) is 84.5 Å². The summed E-state index contributed by atoms with van der Waals surface area (Å²) < 4.78 is 0.